The average molecular weight is 276 g/mol. The summed E-state index contributed by atoms with van der Waals surface area (Å²) in [6, 6.07) is 14.8. The molecular weight excluding hydrogens is 256 g/mol. The molecule has 0 aliphatic rings. The molecule has 2 nitrogen and oxygen atoms in total. The average Bonchev–Trinajstić information content (AvgIpc) is 2.45. The molecule has 0 aliphatic heterocycles. The van der Waals surface area contributed by atoms with E-state index in [-0.39, 0.29) is 5.41 Å². The van der Waals surface area contributed by atoms with Crippen LogP contribution in [0.15, 0.2) is 48.7 Å². The van der Waals surface area contributed by atoms with Crippen molar-refractivity contribution in [2.45, 2.75) is 33.1 Å². The second kappa shape index (κ2) is 4.96. The Bertz CT molecular complexity index is 798. The van der Waals surface area contributed by atoms with Crippen molar-refractivity contribution >= 4 is 10.9 Å². The van der Waals surface area contributed by atoms with Crippen LogP contribution in [0.3, 0.4) is 0 Å². The van der Waals surface area contributed by atoms with Gasteiger partial charge in [-0.25, -0.2) is 4.98 Å². The van der Waals surface area contributed by atoms with E-state index in [4.69, 9.17) is 4.98 Å². The molecule has 3 aromatic rings. The van der Waals surface area contributed by atoms with Crippen LogP contribution in [0.2, 0.25) is 0 Å². The van der Waals surface area contributed by atoms with Crippen LogP contribution in [0.1, 0.15) is 31.9 Å². The lowest BCUT2D eigenvalue weighted by Crippen LogP contribution is -2.10. The van der Waals surface area contributed by atoms with Crippen LogP contribution in [-0.2, 0) is 5.41 Å². The standard InChI is InChI=1S/C19H20N2/c1-13-9-10-20-18(11-13)17-7-5-14-12-15(19(2,3)4)6-8-16(14)21-17/h5-12H,1-4H3. The van der Waals surface area contributed by atoms with Crippen molar-refractivity contribution in [2.24, 2.45) is 0 Å². The molecule has 0 N–H and O–H groups in total. The number of aryl methyl sites for hydroxylation is 1. The van der Waals surface area contributed by atoms with Gasteiger partial charge in [0, 0.05) is 11.6 Å². The van der Waals surface area contributed by atoms with Crippen molar-refractivity contribution in [1.29, 1.82) is 0 Å². The Morgan fingerprint density at radius 3 is 2.38 bits per heavy atom. The smallest absolute Gasteiger partial charge is 0.0893 e. The van der Waals surface area contributed by atoms with Gasteiger partial charge in [0.05, 0.1) is 16.9 Å². The third-order valence-corrected chi connectivity index (χ3v) is 3.73. The Balaban J connectivity index is 2.09. The number of nitrogens with zero attached hydrogens (tertiary/aromatic N) is 2. The molecule has 0 spiro atoms. The van der Waals surface area contributed by atoms with E-state index in [0.717, 1.165) is 16.9 Å². The summed E-state index contributed by atoms with van der Waals surface area (Å²) in [5, 5.41) is 1.18. The molecule has 3 rings (SSSR count). The normalized spacial score (nSPS) is 11.8. The Labute approximate surface area is 125 Å². The van der Waals surface area contributed by atoms with Crippen LogP contribution in [0, 0.1) is 6.92 Å². The molecule has 0 radical (unpaired) electrons. The molecule has 0 unspecified atom stereocenters. The summed E-state index contributed by atoms with van der Waals surface area (Å²) in [6.07, 6.45) is 1.83. The summed E-state index contributed by atoms with van der Waals surface area (Å²) < 4.78 is 0. The summed E-state index contributed by atoms with van der Waals surface area (Å²) >= 11 is 0. The lowest BCUT2D eigenvalue weighted by Gasteiger charge is -2.19. The van der Waals surface area contributed by atoms with Crippen LogP contribution >= 0.6 is 0 Å². The Hall–Kier alpha value is -2.22. The lowest BCUT2D eigenvalue weighted by atomic mass is 9.86. The highest BCUT2D eigenvalue weighted by molar-refractivity contribution is 5.82. The molecule has 106 valence electrons. The summed E-state index contributed by atoms with van der Waals surface area (Å²) in [5.41, 5.74) is 5.56. The topological polar surface area (TPSA) is 25.8 Å². The van der Waals surface area contributed by atoms with Crippen LogP contribution in [0.25, 0.3) is 22.3 Å². The van der Waals surface area contributed by atoms with Gasteiger partial charge in [0.2, 0.25) is 0 Å². The van der Waals surface area contributed by atoms with Crippen molar-refractivity contribution in [2.75, 3.05) is 0 Å². The molecular formula is C19H20N2. The predicted octanol–water partition coefficient (Wildman–Crippen LogP) is 4.90. The van der Waals surface area contributed by atoms with E-state index >= 15 is 0 Å². The second-order valence-electron chi connectivity index (χ2n) is 6.57. The first kappa shape index (κ1) is 13.7. The first-order valence-corrected chi connectivity index (χ1v) is 7.28. The highest BCUT2D eigenvalue weighted by Crippen LogP contribution is 2.27. The number of benzene rings is 1. The fourth-order valence-electron chi connectivity index (χ4n) is 2.41. The number of hydrogen-bond acceptors (Lipinski definition) is 2. The molecule has 0 amide bonds. The zero-order chi connectivity index (χ0) is 15.0. The van der Waals surface area contributed by atoms with Gasteiger partial charge in [-0.2, -0.15) is 0 Å². The highest BCUT2D eigenvalue weighted by atomic mass is 14.8. The minimum Gasteiger partial charge on any atom is -0.255 e. The Morgan fingerprint density at radius 2 is 1.67 bits per heavy atom. The van der Waals surface area contributed by atoms with E-state index in [2.05, 4.69) is 69.1 Å². The maximum absolute atomic E-state index is 4.75. The highest BCUT2D eigenvalue weighted by Gasteiger charge is 2.14. The molecule has 21 heavy (non-hydrogen) atoms. The number of rotatable bonds is 1. The molecule has 2 aromatic heterocycles. The molecule has 0 fully saturated rings. The van der Waals surface area contributed by atoms with Gasteiger partial charge in [-0.05, 0) is 53.8 Å². The molecule has 2 heteroatoms. The monoisotopic (exact) mass is 276 g/mol. The van der Waals surface area contributed by atoms with Crippen molar-refractivity contribution in [3.8, 4) is 11.4 Å². The number of fused-ring (bicyclic) bond motifs is 1. The summed E-state index contributed by atoms with van der Waals surface area (Å²) in [5.74, 6) is 0. The van der Waals surface area contributed by atoms with E-state index in [9.17, 15) is 0 Å². The van der Waals surface area contributed by atoms with Crippen LogP contribution in [0.5, 0.6) is 0 Å². The first-order chi connectivity index (χ1) is 9.93. The summed E-state index contributed by atoms with van der Waals surface area (Å²) in [4.78, 5) is 9.16. The fraction of sp³-hybridized carbons (Fsp3) is 0.263. The van der Waals surface area contributed by atoms with Crippen LogP contribution in [-0.4, -0.2) is 9.97 Å². The van der Waals surface area contributed by atoms with Gasteiger partial charge in [0.25, 0.3) is 0 Å². The van der Waals surface area contributed by atoms with E-state index in [1.165, 1.54) is 16.5 Å². The predicted molar refractivity (Wildman–Crippen MR) is 88.4 cm³/mol. The van der Waals surface area contributed by atoms with Crippen molar-refractivity contribution in [1.82, 2.24) is 9.97 Å². The van der Waals surface area contributed by atoms with Crippen molar-refractivity contribution in [3.63, 3.8) is 0 Å². The third kappa shape index (κ3) is 2.80. The van der Waals surface area contributed by atoms with Crippen LogP contribution < -0.4 is 0 Å². The number of pyridine rings is 2. The lowest BCUT2D eigenvalue weighted by molar-refractivity contribution is 0.591. The van der Waals surface area contributed by atoms with Crippen molar-refractivity contribution < 1.29 is 0 Å². The van der Waals surface area contributed by atoms with E-state index in [0.29, 0.717) is 0 Å². The largest absolute Gasteiger partial charge is 0.255 e. The zero-order valence-electron chi connectivity index (χ0n) is 13.0. The van der Waals surface area contributed by atoms with Gasteiger partial charge in [0.15, 0.2) is 0 Å². The first-order valence-electron chi connectivity index (χ1n) is 7.28. The summed E-state index contributed by atoms with van der Waals surface area (Å²) in [6.45, 7) is 8.76. The molecule has 2 heterocycles. The minimum atomic E-state index is 0.158. The molecule has 0 atom stereocenters. The zero-order valence-corrected chi connectivity index (χ0v) is 13.0. The van der Waals surface area contributed by atoms with E-state index in [1.807, 2.05) is 12.3 Å². The van der Waals surface area contributed by atoms with E-state index < -0.39 is 0 Å². The maximum atomic E-state index is 4.75. The molecule has 0 saturated carbocycles. The molecule has 1 aromatic carbocycles. The Morgan fingerprint density at radius 1 is 0.857 bits per heavy atom. The van der Waals surface area contributed by atoms with Gasteiger partial charge < -0.3 is 0 Å². The fourth-order valence-corrected chi connectivity index (χ4v) is 2.41. The summed E-state index contributed by atoms with van der Waals surface area (Å²) in [7, 11) is 0. The SMILES string of the molecule is Cc1ccnc(-c2ccc3cc(C(C)(C)C)ccc3n2)c1. The maximum Gasteiger partial charge on any atom is 0.0893 e. The third-order valence-electron chi connectivity index (χ3n) is 3.73. The number of aromatic nitrogens is 2. The van der Waals surface area contributed by atoms with Gasteiger partial charge in [0.1, 0.15) is 0 Å². The molecule has 0 bridgehead atoms. The Kier molecular flexibility index (Phi) is 3.25. The van der Waals surface area contributed by atoms with Gasteiger partial charge in [-0.1, -0.05) is 32.9 Å². The van der Waals surface area contributed by atoms with Crippen LogP contribution in [0.4, 0.5) is 0 Å². The van der Waals surface area contributed by atoms with Gasteiger partial charge >= 0.3 is 0 Å². The van der Waals surface area contributed by atoms with Gasteiger partial charge in [-0.3, -0.25) is 4.98 Å². The number of hydrogen-bond donors (Lipinski definition) is 0. The molecule has 0 saturated heterocycles. The second-order valence-corrected chi connectivity index (χ2v) is 6.57. The van der Waals surface area contributed by atoms with Gasteiger partial charge in [-0.15, -0.1) is 0 Å². The molecule has 0 aliphatic carbocycles. The van der Waals surface area contributed by atoms with E-state index in [1.54, 1.807) is 0 Å². The van der Waals surface area contributed by atoms with Crippen molar-refractivity contribution in [3.05, 3.63) is 59.8 Å². The minimum absolute atomic E-state index is 0.158. The quantitative estimate of drug-likeness (QED) is 0.631.